The Hall–Kier alpha value is -0.0200. The Bertz CT molecular complexity index is 141. The van der Waals surface area contributed by atoms with Crippen LogP contribution in [0.25, 0.3) is 0 Å². The van der Waals surface area contributed by atoms with Gasteiger partial charge in [-0.2, -0.15) is 11.8 Å². The van der Waals surface area contributed by atoms with Gasteiger partial charge in [0.1, 0.15) is 6.29 Å². The highest BCUT2D eigenvalue weighted by Crippen LogP contribution is 2.17. The molecule has 0 aromatic carbocycles. The van der Waals surface area contributed by atoms with Crippen molar-refractivity contribution in [3.63, 3.8) is 0 Å². The van der Waals surface area contributed by atoms with Crippen LogP contribution < -0.4 is 0 Å². The average Bonchev–Trinajstić information content (AvgIpc) is 2.06. The molecule has 11 heavy (non-hydrogen) atoms. The van der Waals surface area contributed by atoms with Crippen molar-refractivity contribution in [3.05, 3.63) is 0 Å². The van der Waals surface area contributed by atoms with Crippen LogP contribution in [0.1, 0.15) is 13.8 Å². The largest absolute Gasteiger partial charge is 0.301 e. The molecule has 0 aromatic heterocycles. The molecule has 0 aromatic rings. The number of hydrogen-bond acceptors (Lipinski definition) is 3. The summed E-state index contributed by atoms with van der Waals surface area (Å²) in [5.41, 5.74) is -0.249. The fourth-order valence-corrected chi connectivity index (χ4v) is 2.12. The van der Waals surface area contributed by atoms with Gasteiger partial charge in [0.25, 0.3) is 0 Å². The van der Waals surface area contributed by atoms with E-state index in [-0.39, 0.29) is 5.54 Å². The Morgan fingerprint density at radius 3 is 2.36 bits per heavy atom. The van der Waals surface area contributed by atoms with Crippen molar-refractivity contribution in [1.82, 2.24) is 4.90 Å². The highest BCUT2D eigenvalue weighted by atomic mass is 32.2. The van der Waals surface area contributed by atoms with E-state index in [0.717, 1.165) is 30.9 Å². The Kier molecular flexibility index (Phi) is 2.96. The molecule has 3 heteroatoms. The molecule has 0 amide bonds. The average molecular weight is 173 g/mol. The number of carbonyl (C=O) groups excluding carboxylic acids is 1. The molecule has 1 rings (SSSR count). The summed E-state index contributed by atoms with van der Waals surface area (Å²) >= 11 is 1.97. The standard InChI is InChI=1S/C8H15NOS/c1-8(2,7-10)9-3-5-11-6-4-9/h7H,3-6H2,1-2H3. The number of nitrogens with zero attached hydrogens (tertiary/aromatic N) is 1. The summed E-state index contributed by atoms with van der Waals surface area (Å²) < 4.78 is 0. The van der Waals surface area contributed by atoms with Gasteiger partial charge in [-0.25, -0.2) is 0 Å². The van der Waals surface area contributed by atoms with Crippen molar-refractivity contribution in [2.45, 2.75) is 19.4 Å². The molecule has 1 aliphatic heterocycles. The number of carbonyl (C=O) groups is 1. The Balaban J connectivity index is 2.50. The van der Waals surface area contributed by atoms with Gasteiger partial charge in [-0.05, 0) is 13.8 Å². The minimum Gasteiger partial charge on any atom is -0.301 e. The SMILES string of the molecule is CC(C)(C=O)N1CCSCC1. The zero-order valence-electron chi connectivity index (χ0n) is 7.17. The van der Waals surface area contributed by atoms with Gasteiger partial charge in [0, 0.05) is 24.6 Å². The maximum Gasteiger partial charge on any atom is 0.139 e. The summed E-state index contributed by atoms with van der Waals surface area (Å²) in [7, 11) is 0. The van der Waals surface area contributed by atoms with Crippen LogP contribution in [0.3, 0.4) is 0 Å². The molecule has 0 aliphatic carbocycles. The van der Waals surface area contributed by atoms with Gasteiger partial charge in [0.05, 0.1) is 5.54 Å². The van der Waals surface area contributed by atoms with Gasteiger partial charge >= 0.3 is 0 Å². The molecule has 64 valence electrons. The van der Waals surface area contributed by atoms with E-state index < -0.39 is 0 Å². The molecule has 0 unspecified atom stereocenters. The molecule has 1 aliphatic rings. The predicted octanol–water partition coefficient (Wildman–Crippen LogP) is 1.01. The van der Waals surface area contributed by atoms with E-state index in [9.17, 15) is 4.79 Å². The first-order chi connectivity index (χ1) is 5.17. The molecule has 1 saturated heterocycles. The van der Waals surface area contributed by atoms with E-state index >= 15 is 0 Å². The molecule has 1 fully saturated rings. The highest BCUT2D eigenvalue weighted by molar-refractivity contribution is 7.99. The minimum absolute atomic E-state index is 0.249. The van der Waals surface area contributed by atoms with Crippen LogP contribution in [0.4, 0.5) is 0 Å². The van der Waals surface area contributed by atoms with Crippen molar-refractivity contribution in [2.75, 3.05) is 24.6 Å². The molecule has 1 heterocycles. The van der Waals surface area contributed by atoms with Gasteiger partial charge in [-0.3, -0.25) is 4.90 Å². The summed E-state index contributed by atoms with van der Waals surface area (Å²) in [5.74, 6) is 2.33. The molecule has 0 saturated carbocycles. The van der Waals surface area contributed by atoms with Crippen molar-refractivity contribution >= 4 is 18.0 Å². The van der Waals surface area contributed by atoms with Crippen LogP contribution in [-0.2, 0) is 4.79 Å². The number of aldehydes is 1. The normalized spacial score (nSPS) is 21.6. The van der Waals surface area contributed by atoms with Crippen molar-refractivity contribution in [3.8, 4) is 0 Å². The number of hydrogen-bond donors (Lipinski definition) is 0. The fourth-order valence-electron chi connectivity index (χ4n) is 1.21. The summed E-state index contributed by atoms with van der Waals surface area (Å²) in [6.45, 7) is 6.07. The molecule has 0 N–H and O–H groups in total. The van der Waals surface area contributed by atoms with Gasteiger partial charge < -0.3 is 4.79 Å². The molecule has 2 nitrogen and oxygen atoms in total. The lowest BCUT2D eigenvalue weighted by Crippen LogP contribution is -2.49. The predicted molar refractivity (Wildman–Crippen MR) is 49.0 cm³/mol. The first-order valence-corrected chi connectivity index (χ1v) is 5.11. The maximum atomic E-state index is 10.7. The molecule has 0 bridgehead atoms. The van der Waals surface area contributed by atoms with Crippen LogP contribution in [0.15, 0.2) is 0 Å². The summed E-state index contributed by atoms with van der Waals surface area (Å²) in [6, 6.07) is 0. The minimum atomic E-state index is -0.249. The molecular weight excluding hydrogens is 158 g/mol. The third kappa shape index (κ3) is 2.20. The molecular formula is C8H15NOS. The van der Waals surface area contributed by atoms with Crippen molar-refractivity contribution < 1.29 is 4.79 Å². The fraction of sp³-hybridized carbons (Fsp3) is 0.875. The van der Waals surface area contributed by atoms with Crippen molar-refractivity contribution in [1.29, 1.82) is 0 Å². The van der Waals surface area contributed by atoms with E-state index in [0.29, 0.717) is 0 Å². The zero-order valence-corrected chi connectivity index (χ0v) is 7.99. The first kappa shape index (κ1) is 9.07. The van der Waals surface area contributed by atoms with E-state index in [4.69, 9.17) is 0 Å². The zero-order chi connectivity index (χ0) is 8.32. The van der Waals surface area contributed by atoms with Crippen LogP contribution >= 0.6 is 11.8 Å². The van der Waals surface area contributed by atoms with E-state index in [1.807, 2.05) is 25.6 Å². The monoisotopic (exact) mass is 173 g/mol. The van der Waals surface area contributed by atoms with E-state index in [1.54, 1.807) is 0 Å². The summed E-state index contributed by atoms with van der Waals surface area (Å²) in [6.07, 6.45) is 1.04. The molecule has 0 radical (unpaired) electrons. The second-order valence-corrected chi connectivity index (χ2v) is 4.60. The molecule has 0 atom stereocenters. The van der Waals surface area contributed by atoms with E-state index in [1.165, 1.54) is 0 Å². The van der Waals surface area contributed by atoms with Crippen LogP contribution in [0, 0.1) is 0 Å². The maximum absolute atomic E-state index is 10.7. The first-order valence-electron chi connectivity index (χ1n) is 3.96. The quantitative estimate of drug-likeness (QED) is 0.581. The van der Waals surface area contributed by atoms with Gasteiger partial charge in [-0.15, -0.1) is 0 Å². The second-order valence-electron chi connectivity index (χ2n) is 3.37. The summed E-state index contributed by atoms with van der Waals surface area (Å²) in [5, 5.41) is 0. The topological polar surface area (TPSA) is 20.3 Å². The lowest BCUT2D eigenvalue weighted by atomic mass is 10.1. The van der Waals surface area contributed by atoms with Crippen LogP contribution in [0.5, 0.6) is 0 Å². The Labute approximate surface area is 72.3 Å². The Morgan fingerprint density at radius 2 is 1.91 bits per heavy atom. The van der Waals surface area contributed by atoms with E-state index in [2.05, 4.69) is 4.90 Å². The highest BCUT2D eigenvalue weighted by Gasteiger charge is 2.26. The van der Waals surface area contributed by atoms with Gasteiger partial charge in [0.15, 0.2) is 0 Å². The van der Waals surface area contributed by atoms with Gasteiger partial charge in [0.2, 0.25) is 0 Å². The smallest absolute Gasteiger partial charge is 0.139 e. The third-order valence-corrected chi connectivity index (χ3v) is 3.06. The second kappa shape index (κ2) is 3.59. The van der Waals surface area contributed by atoms with Crippen LogP contribution in [0.2, 0.25) is 0 Å². The number of rotatable bonds is 2. The Morgan fingerprint density at radius 1 is 1.36 bits per heavy atom. The summed E-state index contributed by atoms with van der Waals surface area (Å²) in [4.78, 5) is 12.9. The number of thioether (sulfide) groups is 1. The molecule has 0 spiro atoms. The van der Waals surface area contributed by atoms with Crippen LogP contribution in [-0.4, -0.2) is 41.3 Å². The lowest BCUT2D eigenvalue weighted by Gasteiger charge is -2.36. The van der Waals surface area contributed by atoms with Gasteiger partial charge in [-0.1, -0.05) is 0 Å². The lowest BCUT2D eigenvalue weighted by molar-refractivity contribution is -0.116. The van der Waals surface area contributed by atoms with Crippen molar-refractivity contribution in [2.24, 2.45) is 0 Å². The third-order valence-electron chi connectivity index (χ3n) is 2.11.